The van der Waals surface area contributed by atoms with E-state index in [1.807, 2.05) is 37.5 Å². The topological polar surface area (TPSA) is 57.8 Å². The van der Waals surface area contributed by atoms with Crippen molar-refractivity contribution in [3.8, 4) is 33.6 Å². The van der Waals surface area contributed by atoms with E-state index >= 15 is 0 Å². The highest BCUT2D eigenvalue weighted by molar-refractivity contribution is 6.76. The number of pyridine rings is 1. The fourth-order valence-electron chi connectivity index (χ4n) is 3.40. The molecule has 0 aliphatic carbocycles. The van der Waals surface area contributed by atoms with E-state index < -0.39 is 8.07 Å². The van der Waals surface area contributed by atoms with Gasteiger partial charge in [-0.3, -0.25) is 9.67 Å². The molecule has 0 amide bonds. The van der Waals surface area contributed by atoms with Crippen LogP contribution < -0.4 is 0 Å². The van der Waals surface area contributed by atoms with Crippen molar-refractivity contribution in [3.05, 3.63) is 67.0 Å². The maximum atomic E-state index is 14.6. The van der Waals surface area contributed by atoms with Gasteiger partial charge in [-0.05, 0) is 35.9 Å². The number of aromatic nitrogens is 5. The van der Waals surface area contributed by atoms with Gasteiger partial charge in [-0.25, -0.2) is 9.07 Å². The molecule has 0 fully saturated rings. The summed E-state index contributed by atoms with van der Waals surface area (Å²) in [5.41, 5.74) is 4.47. The molecule has 8 heteroatoms. The molecule has 0 N–H and O–H groups in total. The number of hydrogen-bond donors (Lipinski definition) is 0. The van der Waals surface area contributed by atoms with Gasteiger partial charge in [0.1, 0.15) is 18.2 Å². The Morgan fingerprint density at radius 3 is 2.56 bits per heavy atom. The molecule has 0 atom stereocenters. The van der Waals surface area contributed by atoms with Crippen LogP contribution in [-0.2, 0) is 18.5 Å². The molecule has 0 aliphatic rings. The zero-order chi connectivity index (χ0) is 22.7. The van der Waals surface area contributed by atoms with Crippen LogP contribution in [0.2, 0.25) is 25.7 Å². The van der Waals surface area contributed by atoms with Crippen molar-refractivity contribution in [2.75, 3.05) is 6.61 Å². The molecule has 0 unspecified atom stereocenters. The summed E-state index contributed by atoms with van der Waals surface area (Å²) in [5.74, 6) is -0.289. The lowest BCUT2D eigenvalue weighted by molar-refractivity contribution is 0.0787. The number of rotatable bonds is 8. The second-order valence-electron chi connectivity index (χ2n) is 9.09. The van der Waals surface area contributed by atoms with Gasteiger partial charge in [0.2, 0.25) is 0 Å². The van der Waals surface area contributed by atoms with Crippen LogP contribution in [-0.4, -0.2) is 39.2 Å². The van der Waals surface area contributed by atoms with Gasteiger partial charge in [0.25, 0.3) is 0 Å². The number of benzene rings is 1. The van der Waals surface area contributed by atoms with E-state index in [0.717, 1.165) is 34.1 Å². The average Bonchev–Trinajstić information content (AvgIpc) is 3.38. The van der Waals surface area contributed by atoms with Crippen LogP contribution in [0.25, 0.3) is 33.6 Å². The Morgan fingerprint density at radius 2 is 1.88 bits per heavy atom. The maximum Gasteiger partial charge on any atom is 0.139 e. The molecule has 3 aromatic heterocycles. The molecule has 0 spiro atoms. The van der Waals surface area contributed by atoms with Gasteiger partial charge >= 0.3 is 0 Å². The molecule has 4 aromatic rings. The van der Waals surface area contributed by atoms with Crippen molar-refractivity contribution < 1.29 is 9.13 Å². The van der Waals surface area contributed by atoms with E-state index in [9.17, 15) is 4.39 Å². The van der Waals surface area contributed by atoms with E-state index in [-0.39, 0.29) is 5.82 Å². The van der Waals surface area contributed by atoms with Crippen LogP contribution in [0, 0.1) is 5.82 Å². The van der Waals surface area contributed by atoms with Crippen molar-refractivity contribution in [1.82, 2.24) is 24.5 Å². The average molecular weight is 450 g/mol. The highest BCUT2D eigenvalue weighted by Crippen LogP contribution is 2.33. The second kappa shape index (κ2) is 9.18. The predicted molar refractivity (Wildman–Crippen MR) is 127 cm³/mol. The molecule has 1 aromatic carbocycles. The lowest BCUT2D eigenvalue weighted by Gasteiger charge is -2.15. The minimum atomic E-state index is -1.16. The largest absolute Gasteiger partial charge is 0.360 e. The van der Waals surface area contributed by atoms with Crippen molar-refractivity contribution in [2.45, 2.75) is 32.4 Å². The number of nitrogens with zero attached hydrogens (tertiary/aromatic N) is 5. The molecule has 3 heterocycles. The Hall–Kier alpha value is -3.10. The molecule has 32 heavy (non-hydrogen) atoms. The first-order chi connectivity index (χ1) is 15.3. The Kier molecular flexibility index (Phi) is 6.34. The molecule has 4 rings (SSSR count). The predicted octanol–water partition coefficient (Wildman–Crippen LogP) is 5.46. The zero-order valence-corrected chi connectivity index (χ0v) is 19.9. The van der Waals surface area contributed by atoms with Gasteiger partial charge in [-0.15, -0.1) is 0 Å². The van der Waals surface area contributed by atoms with E-state index in [0.29, 0.717) is 18.9 Å². The van der Waals surface area contributed by atoms with E-state index in [4.69, 9.17) is 9.84 Å². The van der Waals surface area contributed by atoms with Crippen molar-refractivity contribution in [1.29, 1.82) is 0 Å². The Labute approximate surface area is 188 Å². The van der Waals surface area contributed by atoms with Crippen molar-refractivity contribution in [3.63, 3.8) is 0 Å². The monoisotopic (exact) mass is 449 g/mol. The molecule has 6 nitrogen and oxygen atoms in total. The standard InChI is InChI=1S/C24H28FN5OSi/c1-29-15-19(14-27-29)20-13-18(8-9-22(20)25)21-16-30(17-31-11-12-32(2,3)4)28-24(21)23-7-5-6-10-26-23/h5-10,13-16H,11-12,17H2,1-4H3. The van der Waals surface area contributed by atoms with Gasteiger partial charge in [0.05, 0.1) is 11.9 Å². The number of halogens is 1. The fraction of sp³-hybridized carbons (Fsp3) is 0.292. The van der Waals surface area contributed by atoms with E-state index in [1.165, 1.54) is 6.07 Å². The smallest absolute Gasteiger partial charge is 0.139 e. The first kappa shape index (κ1) is 22.1. The summed E-state index contributed by atoms with van der Waals surface area (Å²) in [5, 5.41) is 8.92. The highest BCUT2D eigenvalue weighted by atomic mass is 28.3. The third-order valence-electron chi connectivity index (χ3n) is 5.18. The number of aryl methyl sites for hydroxylation is 1. The van der Waals surface area contributed by atoms with Crippen LogP contribution in [0.1, 0.15) is 0 Å². The molecule has 0 aliphatic heterocycles. The van der Waals surface area contributed by atoms with Gasteiger partial charge in [0, 0.05) is 57.0 Å². The lowest BCUT2D eigenvalue weighted by Crippen LogP contribution is -2.22. The van der Waals surface area contributed by atoms with Gasteiger partial charge in [-0.2, -0.15) is 10.2 Å². The quantitative estimate of drug-likeness (QED) is 0.265. The molecule has 0 bridgehead atoms. The van der Waals surface area contributed by atoms with Crippen LogP contribution in [0.15, 0.2) is 61.2 Å². The Bertz CT molecular complexity index is 1200. The summed E-state index contributed by atoms with van der Waals surface area (Å²) in [7, 11) is 0.660. The summed E-state index contributed by atoms with van der Waals surface area (Å²) >= 11 is 0. The van der Waals surface area contributed by atoms with Crippen molar-refractivity contribution >= 4 is 8.07 Å². The summed E-state index contributed by atoms with van der Waals surface area (Å²) < 4.78 is 24.0. The number of hydrogen-bond acceptors (Lipinski definition) is 4. The Morgan fingerprint density at radius 1 is 1.03 bits per heavy atom. The van der Waals surface area contributed by atoms with E-state index in [1.54, 1.807) is 34.0 Å². The van der Waals surface area contributed by atoms with Gasteiger partial charge in [0.15, 0.2) is 0 Å². The van der Waals surface area contributed by atoms with Crippen LogP contribution in [0.5, 0.6) is 0 Å². The van der Waals surface area contributed by atoms with Crippen molar-refractivity contribution in [2.24, 2.45) is 7.05 Å². The first-order valence-electron chi connectivity index (χ1n) is 10.7. The lowest BCUT2D eigenvalue weighted by atomic mass is 9.99. The fourth-order valence-corrected chi connectivity index (χ4v) is 4.16. The summed E-state index contributed by atoms with van der Waals surface area (Å²) in [6.45, 7) is 8.06. The minimum absolute atomic E-state index is 0.289. The van der Waals surface area contributed by atoms with E-state index in [2.05, 4.69) is 29.7 Å². The highest BCUT2D eigenvalue weighted by Gasteiger charge is 2.17. The maximum absolute atomic E-state index is 14.6. The first-order valence-corrected chi connectivity index (χ1v) is 14.4. The minimum Gasteiger partial charge on any atom is -0.360 e. The third-order valence-corrected chi connectivity index (χ3v) is 6.89. The molecular formula is C24H28FN5OSi. The molecule has 0 radical (unpaired) electrons. The summed E-state index contributed by atoms with van der Waals surface area (Å²) in [4.78, 5) is 4.48. The summed E-state index contributed by atoms with van der Waals surface area (Å²) in [6, 6.07) is 11.9. The summed E-state index contributed by atoms with van der Waals surface area (Å²) in [6.07, 6.45) is 7.16. The molecule has 166 valence electrons. The number of ether oxygens (including phenoxy) is 1. The third kappa shape index (κ3) is 5.20. The second-order valence-corrected chi connectivity index (χ2v) is 14.7. The van der Waals surface area contributed by atoms with Gasteiger partial charge < -0.3 is 4.74 Å². The van der Waals surface area contributed by atoms with Crippen LogP contribution in [0.3, 0.4) is 0 Å². The normalized spacial score (nSPS) is 11.8. The Balaban J connectivity index is 1.69. The van der Waals surface area contributed by atoms with Gasteiger partial charge in [-0.1, -0.05) is 31.8 Å². The SMILES string of the molecule is Cn1cc(-c2cc(-c3cn(COCC[Si](C)(C)C)nc3-c3ccccn3)ccc2F)cn1. The molecule has 0 saturated carbocycles. The zero-order valence-electron chi connectivity index (χ0n) is 18.9. The molecule has 0 saturated heterocycles. The molecular weight excluding hydrogens is 421 g/mol. The van der Waals surface area contributed by atoms with Crippen LogP contribution >= 0.6 is 0 Å². The van der Waals surface area contributed by atoms with Crippen LogP contribution in [0.4, 0.5) is 4.39 Å².